The Bertz CT molecular complexity index is 450. The molecule has 0 spiro atoms. The molecule has 0 aliphatic heterocycles. The fraction of sp³-hybridized carbons (Fsp3) is 0.385. The highest BCUT2D eigenvalue weighted by molar-refractivity contribution is 7.99. The molecule has 1 heterocycles. The molecule has 1 nitrogen and oxygen atoms in total. The molecule has 2 rings (SSSR count). The molecule has 0 saturated carbocycles. The van der Waals surface area contributed by atoms with Crippen molar-refractivity contribution in [2.75, 3.05) is 11.5 Å². The zero-order valence-corrected chi connectivity index (χ0v) is 11.0. The zero-order valence-electron chi connectivity index (χ0n) is 9.35. The quantitative estimate of drug-likeness (QED) is 0.809. The van der Waals surface area contributed by atoms with Crippen molar-refractivity contribution < 1.29 is 5.11 Å². The molecule has 3 heteroatoms. The van der Waals surface area contributed by atoms with Gasteiger partial charge in [0, 0.05) is 10.5 Å². The van der Waals surface area contributed by atoms with Crippen LogP contribution in [0, 0.1) is 0 Å². The Morgan fingerprint density at radius 3 is 3.06 bits per heavy atom. The lowest BCUT2D eigenvalue weighted by Crippen LogP contribution is -2.01. The third kappa shape index (κ3) is 2.59. The van der Waals surface area contributed by atoms with Crippen LogP contribution >= 0.6 is 23.1 Å². The molecule has 16 heavy (non-hydrogen) atoms. The summed E-state index contributed by atoms with van der Waals surface area (Å²) in [6.07, 6.45) is 0.833. The molecule has 1 N–H and O–H groups in total. The van der Waals surface area contributed by atoms with Gasteiger partial charge < -0.3 is 5.11 Å². The maximum Gasteiger partial charge on any atom is 0.0894 e. The minimum absolute atomic E-state index is 0.334. The molecular formula is C13H16OS2. The average Bonchev–Trinajstić information content (AvgIpc) is 2.76. The van der Waals surface area contributed by atoms with Crippen molar-refractivity contribution in [3.8, 4) is 0 Å². The molecule has 0 radical (unpaired) electrons. The van der Waals surface area contributed by atoms with Crippen molar-refractivity contribution in [1.82, 2.24) is 0 Å². The average molecular weight is 252 g/mol. The molecule has 86 valence electrons. The predicted molar refractivity (Wildman–Crippen MR) is 74.4 cm³/mol. The number of fused-ring (bicyclic) bond motifs is 1. The first kappa shape index (κ1) is 12.0. The number of hydrogen-bond donors (Lipinski definition) is 1. The Labute approximate surface area is 104 Å². The highest BCUT2D eigenvalue weighted by Gasteiger charge is 2.11. The number of hydrogen-bond acceptors (Lipinski definition) is 3. The van der Waals surface area contributed by atoms with E-state index >= 15 is 0 Å². The highest BCUT2D eigenvalue weighted by atomic mass is 32.2. The van der Waals surface area contributed by atoms with Crippen molar-refractivity contribution in [3.63, 3.8) is 0 Å². The normalized spacial score (nSPS) is 13.1. The molecule has 1 unspecified atom stereocenters. The summed E-state index contributed by atoms with van der Waals surface area (Å²) in [5.74, 6) is 1.92. The standard InChI is InChI=1S/C13H16OS2/c1-2-7-15-9-12(14)11-5-3-4-10-6-8-16-13(10)11/h3-6,8,12,14H,2,7,9H2,1H3. The van der Waals surface area contributed by atoms with Crippen molar-refractivity contribution in [1.29, 1.82) is 0 Å². The van der Waals surface area contributed by atoms with Gasteiger partial charge in [-0.05, 0) is 34.6 Å². The zero-order chi connectivity index (χ0) is 11.4. The molecular weight excluding hydrogens is 236 g/mol. The largest absolute Gasteiger partial charge is 0.387 e. The van der Waals surface area contributed by atoms with E-state index in [0.29, 0.717) is 0 Å². The maximum atomic E-state index is 10.1. The van der Waals surface area contributed by atoms with Crippen LogP contribution in [-0.4, -0.2) is 16.6 Å². The SMILES string of the molecule is CCCSCC(O)c1cccc2ccsc12. The topological polar surface area (TPSA) is 20.2 Å². The van der Waals surface area contributed by atoms with Gasteiger partial charge in [0.1, 0.15) is 0 Å². The van der Waals surface area contributed by atoms with E-state index in [-0.39, 0.29) is 6.10 Å². The molecule has 1 aromatic heterocycles. The van der Waals surface area contributed by atoms with Crippen LogP contribution in [0.3, 0.4) is 0 Å². The van der Waals surface area contributed by atoms with Crippen LogP contribution < -0.4 is 0 Å². The third-order valence-electron chi connectivity index (χ3n) is 2.49. The molecule has 0 fully saturated rings. The summed E-state index contributed by atoms with van der Waals surface area (Å²) < 4.78 is 1.23. The van der Waals surface area contributed by atoms with Crippen LogP contribution in [0.25, 0.3) is 10.1 Å². The number of rotatable bonds is 5. The van der Waals surface area contributed by atoms with Gasteiger partial charge in [-0.25, -0.2) is 0 Å². The first-order valence-corrected chi connectivity index (χ1v) is 7.58. The summed E-state index contributed by atoms with van der Waals surface area (Å²) in [6, 6.07) is 8.27. The lowest BCUT2D eigenvalue weighted by atomic mass is 10.1. The second-order valence-corrected chi connectivity index (χ2v) is 5.84. The molecule has 2 aromatic rings. The molecule has 1 aromatic carbocycles. The van der Waals surface area contributed by atoms with Crippen LogP contribution in [0.4, 0.5) is 0 Å². The molecule has 1 atom stereocenters. The molecule has 0 aliphatic rings. The van der Waals surface area contributed by atoms with Gasteiger partial charge in [0.2, 0.25) is 0 Å². The molecule has 0 aliphatic carbocycles. The Morgan fingerprint density at radius 2 is 2.25 bits per heavy atom. The van der Waals surface area contributed by atoms with Crippen molar-refractivity contribution in [3.05, 3.63) is 35.2 Å². The van der Waals surface area contributed by atoms with Gasteiger partial charge in [-0.1, -0.05) is 25.1 Å². The number of benzene rings is 1. The van der Waals surface area contributed by atoms with Crippen LogP contribution in [0.15, 0.2) is 29.6 Å². The lowest BCUT2D eigenvalue weighted by Gasteiger charge is -2.11. The van der Waals surface area contributed by atoms with Crippen LogP contribution in [0.5, 0.6) is 0 Å². The van der Waals surface area contributed by atoms with Gasteiger partial charge in [-0.2, -0.15) is 11.8 Å². The van der Waals surface area contributed by atoms with E-state index in [0.717, 1.165) is 17.1 Å². The van der Waals surface area contributed by atoms with E-state index in [1.54, 1.807) is 11.3 Å². The summed E-state index contributed by atoms with van der Waals surface area (Å²) in [5, 5.41) is 13.5. The summed E-state index contributed by atoms with van der Waals surface area (Å²) in [7, 11) is 0. The van der Waals surface area contributed by atoms with E-state index < -0.39 is 0 Å². The predicted octanol–water partition coefficient (Wildman–Crippen LogP) is 4.08. The summed E-state index contributed by atoms with van der Waals surface area (Å²) >= 11 is 3.53. The van der Waals surface area contributed by atoms with Crippen LogP contribution in [0.2, 0.25) is 0 Å². The lowest BCUT2D eigenvalue weighted by molar-refractivity contribution is 0.206. The Hall–Kier alpha value is -0.510. The smallest absolute Gasteiger partial charge is 0.0894 e. The first-order valence-electron chi connectivity index (χ1n) is 5.55. The highest BCUT2D eigenvalue weighted by Crippen LogP contribution is 2.30. The number of thiophene rings is 1. The molecule has 0 bridgehead atoms. The van der Waals surface area contributed by atoms with Gasteiger partial charge in [0.05, 0.1) is 6.10 Å². The van der Waals surface area contributed by atoms with Gasteiger partial charge in [-0.15, -0.1) is 11.3 Å². The van der Waals surface area contributed by atoms with E-state index in [9.17, 15) is 5.11 Å². The fourth-order valence-electron chi connectivity index (χ4n) is 1.71. The molecule has 0 amide bonds. The monoisotopic (exact) mass is 252 g/mol. The summed E-state index contributed by atoms with van der Waals surface area (Å²) in [5.41, 5.74) is 1.08. The van der Waals surface area contributed by atoms with Crippen molar-refractivity contribution in [2.24, 2.45) is 0 Å². The second kappa shape index (κ2) is 5.71. The maximum absolute atomic E-state index is 10.1. The third-order valence-corrected chi connectivity index (χ3v) is 4.72. The Kier molecular flexibility index (Phi) is 4.27. The Balaban J connectivity index is 2.15. The van der Waals surface area contributed by atoms with Gasteiger partial charge >= 0.3 is 0 Å². The minimum atomic E-state index is -0.334. The Morgan fingerprint density at radius 1 is 1.38 bits per heavy atom. The fourth-order valence-corrected chi connectivity index (χ4v) is 3.53. The number of aliphatic hydroxyl groups is 1. The summed E-state index contributed by atoms with van der Waals surface area (Å²) in [6.45, 7) is 2.17. The second-order valence-electron chi connectivity index (χ2n) is 3.78. The van der Waals surface area contributed by atoms with E-state index in [4.69, 9.17) is 0 Å². The van der Waals surface area contributed by atoms with Crippen molar-refractivity contribution in [2.45, 2.75) is 19.4 Å². The summed E-state index contributed by atoms with van der Waals surface area (Å²) in [4.78, 5) is 0. The number of aliphatic hydroxyl groups excluding tert-OH is 1. The number of thioether (sulfide) groups is 1. The van der Waals surface area contributed by atoms with Gasteiger partial charge in [-0.3, -0.25) is 0 Å². The first-order chi connectivity index (χ1) is 7.83. The van der Waals surface area contributed by atoms with Crippen molar-refractivity contribution >= 4 is 33.2 Å². The molecule has 0 saturated heterocycles. The van der Waals surface area contributed by atoms with Crippen LogP contribution in [0.1, 0.15) is 25.0 Å². The minimum Gasteiger partial charge on any atom is -0.387 e. The van der Waals surface area contributed by atoms with E-state index in [1.807, 2.05) is 23.9 Å². The van der Waals surface area contributed by atoms with E-state index in [2.05, 4.69) is 24.4 Å². The van der Waals surface area contributed by atoms with Gasteiger partial charge in [0.15, 0.2) is 0 Å². The van der Waals surface area contributed by atoms with Crippen LogP contribution in [-0.2, 0) is 0 Å². The van der Waals surface area contributed by atoms with Gasteiger partial charge in [0.25, 0.3) is 0 Å². The van der Waals surface area contributed by atoms with E-state index in [1.165, 1.54) is 16.5 Å².